The van der Waals surface area contributed by atoms with Gasteiger partial charge in [-0.25, -0.2) is 4.57 Å². The molecule has 0 aromatic rings. The first kappa shape index (κ1) is 87.7. The normalized spacial score (nSPS) is 13.7. The van der Waals surface area contributed by atoms with Crippen LogP contribution < -0.4 is 0 Å². The van der Waals surface area contributed by atoms with Gasteiger partial charge in [0, 0.05) is 12.8 Å². The van der Waals surface area contributed by atoms with Crippen LogP contribution in [0.2, 0.25) is 0 Å². The molecule has 0 bridgehead atoms. The maximum atomic E-state index is 12.9. The molecule has 2 atom stereocenters. The summed E-state index contributed by atoms with van der Waals surface area (Å²) in [4.78, 5) is 35.9. The maximum absolute atomic E-state index is 12.9. The van der Waals surface area contributed by atoms with E-state index in [0.717, 1.165) is 77.0 Å². The first-order valence-electron chi connectivity index (χ1n) is 38.1. The van der Waals surface area contributed by atoms with Gasteiger partial charge >= 0.3 is 19.8 Å². The van der Waals surface area contributed by atoms with Crippen LogP contribution in [0.4, 0.5) is 0 Å². The first-order chi connectivity index (χ1) is 44.5. The molecule has 0 saturated heterocycles. The first-order valence-corrected chi connectivity index (χ1v) is 39.6. The Balaban J connectivity index is 4.03. The number of quaternary nitrogens is 1. The third kappa shape index (κ3) is 75.6. The van der Waals surface area contributed by atoms with E-state index >= 15 is 0 Å². The third-order valence-corrected chi connectivity index (χ3v) is 17.6. The van der Waals surface area contributed by atoms with E-state index in [1.165, 1.54) is 225 Å². The summed E-state index contributed by atoms with van der Waals surface area (Å²) in [6.45, 7) is 4.29. The SMILES string of the molecule is CC/C=C\C/C=C\C/C=C\C/C=C\C/C=C\C/C=C\C/C=C\C/C=C\C/C=C\CCCC(=O)OC(COC(=O)CCCCCCCCCCCCCCCCCCCCCCCCCCCCCCCCCCCCCCCC)COP(=O)(O)OCC[N+](C)(C)C. The van der Waals surface area contributed by atoms with E-state index < -0.39 is 26.5 Å². The molecule has 91 heavy (non-hydrogen) atoms. The Labute approximate surface area is 563 Å². The average molecular weight is 1290 g/mol. The Hall–Kier alpha value is -3.33. The van der Waals surface area contributed by atoms with Gasteiger partial charge in [-0.1, -0.05) is 361 Å². The second kappa shape index (κ2) is 71.0. The van der Waals surface area contributed by atoms with Crippen molar-refractivity contribution in [2.45, 2.75) is 347 Å². The van der Waals surface area contributed by atoms with Crippen LogP contribution in [0, 0.1) is 0 Å². The highest BCUT2D eigenvalue weighted by Crippen LogP contribution is 2.43. The number of ether oxygens (including phenoxy) is 2. The third-order valence-electron chi connectivity index (χ3n) is 16.6. The van der Waals surface area contributed by atoms with E-state index in [4.69, 9.17) is 18.5 Å². The van der Waals surface area contributed by atoms with Gasteiger partial charge in [0.2, 0.25) is 0 Å². The zero-order chi connectivity index (χ0) is 66.2. The van der Waals surface area contributed by atoms with E-state index in [2.05, 4.69) is 123 Å². The zero-order valence-corrected chi connectivity index (χ0v) is 61.0. The van der Waals surface area contributed by atoms with Crippen molar-refractivity contribution in [2.24, 2.45) is 0 Å². The minimum atomic E-state index is -4.42. The fourth-order valence-corrected chi connectivity index (χ4v) is 11.5. The van der Waals surface area contributed by atoms with Crippen LogP contribution in [-0.2, 0) is 32.7 Å². The molecule has 0 saturated carbocycles. The van der Waals surface area contributed by atoms with Crippen LogP contribution >= 0.6 is 7.82 Å². The van der Waals surface area contributed by atoms with E-state index in [0.29, 0.717) is 23.9 Å². The summed E-state index contributed by atoms with van der Waals surface area (Å²) in [5, 5.41) is 0. The highest BCUT2D eigenvalue weighted by molar-refractivity contribution is 7.47. The summed E-state index contributed by atoms with van der Waals surface area (Å²) in [7, 11) is 1.44. The van der Waals surface area contributed by atoms with Crippen molar-refractivity contribution in [1.29, 1.82) is 0 Å². The van der Waals surface area contributed by atoms with Crippen LogP contribution in [0.5, 0.6) is 0 Å². The minimum Gasteiger partial charge on any atom is -0.462 e. The summed E-state index contributed by atoms with van der Waals surface area (Å²) in [5.41, 5.74) is 0. The molecule has 0 fully saturated rings. The van der Waals surface area contributed by atoms with Crippen LogP contribution in [0.25, 0.3) is 0 Å². The molecule has 0 heterocycles. The topological polar surface area (TPSA) is 108 Å². The van der Waals surface area contributed by atoms with Crippen molar-refractivity contribution < 1.29 is 42.1 Å². The molecular weight excluding hydrogens is 1150 g/mol. The van der Waals surface area contributed by atoms with Crippen molar-refractivity contribution >= 4 is 19.8 Å². The van der Waals surface area contributed by atoms with Gasteiger partial charge in [0.15, 0.2) is 6.10 Å². The second-order valence-electron chi connectivity index (χ2n) is 26.7. The second-order valence-corrected chi connectivity index (χ2v) is 28.1. The Morgan fingerprint density at radius 1 is 0.352 bits per heavy atom. The predicted molar refractivity (Wildman–Crippen MR) is 395 cm³/mol. The van der Waals surface area contributed by atoms with Gasteiger partial charge in [0.05, 0.1) is 27.7 Å². The quantitative estimate of drug-likeness (QED) is 0.0211. The molecular formula is C81H145NO8P+. The number of carbonyl (C=O) groups excluding carboxylic acids is 2. The van der Waals surface area contributed by atoms with Crippen molar-refractivity contribution in [3.05, 3.63) is 109 Å². The molecule has 1 N–H and O–H groups in total. The summed E-state index contributed by atoms with van der Waals surface area (Å²) in [5.74, 6) is -0.862. The molecule has 10 heteroatoms. The van der Waals surface area contributed by atoms with Crippen LogP contribution in [0.15, 0.2) is 109 Å². The van der Waals surface area contributed by atoms with Gasteiger partial charge < -0.3 is 18.9 Å². The fraction of sp³-hybridized carbons (Fsp3) is 0.753. The van der Waals surface area contributed by atoms with E-state index in [1.54, 1.807) is 0 Å². The number of likely N-dealkylation sites (N-methyl/N-ethyl adjacent to an activating group) is 1. The number of allylic oxidation sites excluding steroid dienone is 18. The molecule has 2 unspecified atom stereocenters. The maximum Gasteiger partial charge on any atom is 0.472 e. The Morgan fingerprint density at radius 2 is 0.626 bits per heavy atom. The van der Waals surface area contributed by atoms with Gasteiger partial charge in [0.25, 0.3) is 0 Å². The molecule has 0 aliphatic rings. The van der Waals surface area contributed by atoms with Gasteiger partial charge in [-0.15, -0.1) is 0 Å². The van der Waals surface area contributed by atoms with Gasteiger partial charge in [-0.05, 0) is 77.0 Å². The number of unbranched alkanes of at least 4 members (excludes halogenated alkanes) is 38. The minimum absolute atomic E-state index is 0.0165. The molecule has 0 aromatic carbocycles. The number of hydrogen-bond donors (Lipinski definition) is 1. The van der Waals surface area contributed by atoms with Gasteiger partial charge in [-0.3, -0.25) is 18.6 Å². The lowest BCUT2D eigenvalue weighted by molar-refractivity contribution is -0.870. The van der Waals surface area contributed by atoms with Crippen molar-refractivity contribution in [3.63, 3.8) is 0 Å². The number of esters is 2. The molecule has 0 rings (SSSR count). The largest absolute Gasteiger partial charge is 0.472 e. The lowest BCUT2D eigenvalue weighted by Crippen LogP contribution is -2.37. The number of carbonyl (C=O) groups is 2. The predicted octanol–water partition coefficient (Wildman–Crippen LogP) is 25.2. The van der Waals surface area contributed by atoms with Crippen molar-refractivity contribution in [3.8, 4) is 0 Å². The summed E-state index contributed by atoms with van der Waals surface area (Å²) in [6, 6.07) is 0. The molecule has 0 aliphatic carbocycles. The molecule has 0 amide bonds. The molecule has 0 aliphatic heterocycles. The highest BCUT2D eigenvalue weighted by atomic mass is 31.2. The van der Waals surface area contributed by atoms with Crippen molar-refractivity contribution in [1.82, 2.24) is 0 Å². The average Bonchev–Trinajstić information content (AvgIpc) is 3.74. The molecule has 0 aromatic heterocycles. The Kier molecular flexibility index (Phi) is 68.4. The number of phosphoric ester groups is 1. The van der Waals surface area contributed by atoms with Crippen LogP contribution in [0.1, 0.15) is 341 Å². The van der Waals surface area contributed by atoms with E-state index in [9.17, 15) is 19.0 Å². The van der Waals surface area contributed by atoms with E-state index in [1.807, 2.05) is 21.1 Å². The van der Waals surface area contributed by atoms with Crippen molar-refractivity contribution in [2.75, 3.05) is 47.5 Å². The lowest BCUT2D eigenvalue weighted by atomic mass is 10.0. The smallest absolute Gasteiger partial charge is 0.462 e. The zero-order valence-electron chi connectivity index (χ0n) is 60.1. The van der Waals surface area contributed by atoms with E-state index in [-0.39, 0.29) is 32.0 Å². The fourth-order valence-electron chi connectivity index (χ4n) is 10.8. The summed E-state index contributed by atoms with van der Waals surface area (Å²) < 4.78 is 34.7. The highest BCUT2D eigenvalue weighted by Gasteiger charge is 2.27. The molecule has 0 spiro atoms. The number of hydrogen-bond acceptors (Lipinski definition) is 7. The number of nitrogens with zero attached hydrogens (tertiary/aromatic N) is 1. The molecule has 0 radical (unpaired) electrons. The Morgan fingerprint density at radius 3 is 0.923 bits per heavy atom. The number of phosphoric acid groups is 1. The Bertz CT molecular complexity index is 1910. The molecule has 9 nitrogen and oxygen atoms in total. The van der Waals surface area contributed by atoms with Crippen LogP contribution in [0.3, 0.4) is 0 Å². The summed E-state index contributed by atoms with van der Waals surface area (Å²) >= 11 is 0. The standard InChI is InChI=1S/C81H144NO8P/c1-6-8-10-12-14-16-18-20-22-24-26-28-30-32-34-36-37-38-39-40-41-42-43-44-46-47-49-51-53-55-57-59-61-63-65-67-69-71-73-80(83)87-77-79(78-89-91(85,86)88-76-75-82(3,4)5)90-81(84)74-72-70-68-66-64-62-60-58-56-54-52-50-48-45-35-33-31-29-27-25-23-21-19-17-15-13-11-9-7-2/h9,11,15,17,21,23,27,29,33,35,48,50,54,56,60,62,66,68,79H,6-8,10,12-14,16,18-20,22,24-26,28,30-32,34,36-47,49,51-53,55,57-59,61,63-65,67,69-78H2,1-5H3/p+1/b11-9-,17-15-,23-21-,29-27-,35-33-,50-48-,56-54-,62-60-,68-66-. The molecule has 526 valence electrons. The number of rotatable bonds is 70. The monoisotopic (exact) mass is 1290 g/mol. The summed E-state index contributed by atoms with van der Waals surface area (Å²) in [6.07, 6.45) is 101. The van der Waals surface area contributed by atoms with Gasteiger partial charge in [-0.2, -0.15) is 0 Å². The lowest BCUT2D eigenvalue weighted by Gasteiger charge is -2.24. The van der Waals surface area contributed by atoms with Gasteiger partial charge in [0.1, 0.15) is 19.8 Å². The van der Waals surface area contributed by atoms with Crippen LogP contribution in [-0.4, -0.2) is 74.9 Å².